The summed E-state index contributed by atoms with van der Waals surface area (Å²) in [5.74, 6) is -1.68. The van der Waals surface area contributed by atoms with Crippen LogP contribution in [-0.4, -0.2) is 30.3 Å². The van der Waals surface area contributed by atoms with Crippen molar-refractivity contribution in [1.82, 2.24) is 0 Å². The zero-order valence-corrected chi connectivity index (χ0v) is 18.6. The number of carbonyl (C=O) groups excluding carboxylic acids is 1. The number of hydrogen-bond donors (Lipinski definition) is 0. The quantitative estimate of drug-likeness (QED) is 0.266. The molecule has 0 fully saturated rings. The maximum absolute atomic E-state index is 12.7. The number of halogens is 3. The number of carbonyl (C=O) groups is 1. The van der Waals surface area contributed by atoms with Gasteiger partial charge in [-0.2, -0.15) is 0 Å². The molecule has 1 aromatic heterocycles. The summed E-state index contributed by atoms with van der Waals surface area (Å²) in [4.78, 5) is 11.4. The van der Waals surface area contributed by atoms with Crippen molar-refractivity contribution in [3.8, 4) is 0 Å². The van der Waals surface area contributed by atoms with Gasteiger partial charge in [0.1, 0.15) is 0 Å². The standard InChI is InChI=1S/C6H2F3OS.3C4H9.Sn/c7-6(8,9)5(10)4-2-1-3-11-4;3*1-3-4-2;/h1-2H;3*1,3-4H2,2H3;. The van der Waals surface area contributed by atoms with Crippen molar-refractivity contribution in [2.24, 2.45) is 0 Å². The molecule has 0 saturated carbocycles. The molecule has 0 N–H and O–H groups in total. The predicted molar refractivity (Wildman–Crippen MR) is 99.2 cm³/mol. The number of unbranched alkanes of at least 4 members (excludes halogenated alkanes) is 3. The van der Waals surface area contributed by atoms with Gasteiger partial charge >= 0.3 is 152 Å². The van der Waals surface area contributed by atoms with E-state index >= 15 is 0 Å². The van der Waals surface area contributed by atoms with Gasteiger partial charge in [0.15, 0.2) is 0 Å². The van der Waals surface area contributed by atoms with Gasteiger partial charge in [0.2, 0.25) is 0 Å². The second kappa shape index (κ2) is 10.2. The fourth-order valence-corrected chi connectivity index (χ4v) is 23.3. The monoisotopic (exact) mass is 470 g/mol. The molecule has 24 heavy (non-hydrogen) atoms. The van der Waals surface area contributed by atoms with E-state index in [0.29, 0.717) is 0 Å². The molecule has 0 radical (unpaired) electrons. The van der Waals surface area contributed by atoms with Gasteiger partial charge in [0, 0.05) is 0 Å². The third-order valence-corrected chi connectivity index (χ3v) is 24.0. The van der Waals surface area contributed by atoms with Crippen LogP contribution in [-0.2, 0) is 0 Å². The maximum atomic E-state index is 12.7. The van der Waals surface area contributed by atoms with Crippen LogP contribution in [0.3, 0.4) is 0 Å². The molecule has 1 nitrogen and oxygen atoms in total. The summed E-state index contributed by atoms with van der Waals surface area (Å²) in [6.45, 7) is 6.51. The van der Waals surface area contributed by atoms with E-state index in [9.17, 15) is 18.0 Å². The van der Waals surface area contributed by atoms with Crippen molar-refractivity contribution in [3.05, 3.63) is 17.0 Å². The first-order valence-corrected chi connectivity index (χ1v) is 17.3. The Morgan fingerprint density at radius 2 is 1.42 bits per heavy atom. The number of Topliss-reactive ketones (excluding diaryl/α,β-unsaturated/α-hetero) is 1. The molecule has 0 spiro atoms. The number of hydrogen-bond acceptors (Lipinski definition) is 2. The zero-order chi connectivity index (χ0) is 18.2. The van der Waals surface area contributed by atoms with E-state index in [1.54, 1.807) is 0 Å². The molecule has 0 aliphatic rings. The molecule has 0 saturated heterocycles. The van der Waals surface area contributed by atoms with Crippen molar-refractivity contribution in [2.45, 2.75) is 78.8 Å². The minimum atomic E-state index is -4.77. The van der Waals surface area contributed by atoms with Crippen LogP contribution >= 0.6 is 11.3 Å². The molecular weight excluding hydrogens is 440 g/mol. The third kappa shape index (κ3) is 6.04. The molecule has 0 bridgehead atoms. The Hall–Kier alpha value is -0.0413. The molecule has 6 heteroatoms. The van der Waals surface area contributed by atoms with E-state index in [1.165, 1.54) is 22.3 Å². The molecule has 138 valence electrons. The Balaban J connectivity index is 3.16. The van der Waals surface area contributed by atoms with Gasteiger partial charge in [-0.05, 0) is 0 Å². The van der Waals surface area contributed by atoms with Crippen LogP contribution < -0.4 is 2.89 Å². The van der Waals surface area contributed by atoms with E-state index in [-0.39, 0.29) is 4.88 Å². The van der Waals surface area contributed by atoms with Gasteiger partial charge in [-0.25, -0.2) is 0 Å². The summed E-state index contributed by atoms with van der Waals surface area (Å²) in [6, 6.07) is 3.28. The Labute approximate surface area is 151 Å². The molecule has 1 heterocycles. The van der Waals surface area contributed by atoms with Crippen LogP contribution in [0.1, 0.15) is 69.0 Å². The molecule has 0 aliphatic carbocycles. The van der Waals surface area contributed by atoms with Gasteiger partial charge in [-0.15, -0.1) is 0 Å². The summed E-state index contributed by atoms with van der Waals surface area (Å²) in [7, 11) is 0. The molecule has 1 rings (SSSR count). The summed E-state index contributed by atoms with van der Waals surface area (Å²) in [6.07, 6.45) is 2.07. The topological polar surface area (TPSA) is 17.1 Å². The fourth-order valence-electron chi connectivity index (χ4n) is 3.17. The molecule has 0 atom stereocenters. The average molecular weight is 469 g/mol. The number of rotatable bonds is 11. The molecule has 0 aliphatic heterocycles. The van der Waals surface area contributed by atoms with Gasteiger partial charge in [-0.3, -0.25) is 0 Å². The summed E-state index contributed by atoms with van der Waals surface area (Å²) in [5.41, 5.74) is 0. The van der Waals surface area contributed by atoms with Crippen molar-refractivity contribution in [2.75, 3.05) is 0 Å². The Bertz CT molecular complexity index is 489. The van der Waals surface area contributed by atoms with Gasteiger partial charge in [0.05, 0.1) is 0 Å². The summed E-state index contributed by atoms with van der Waals surface area (Å²) in [5, 5.41) is 0. The first kappa shape index (κ1) is 22.0. The van der Waals surface area contributed by atoms with E-state index < -0.39 is 30.3 Å². The van der Waals surface area contributed by atoms with E-state index in [2.05, 4.69) is 20.8 Å². The minimum absolute atomic E-state index is 0.122. The first-order chi connectivity index (χ1) is 11.3. The third-order valence-electron chi connectivity index (χ3n) is 4.64. The van der Waals surface area contributed by atoms with Crippen LogP contribution in [0.25, 0.3) is 0 Å². The van der Waals surface area contributed by atoms with E-state index in [0.717, 1.165) is 49.9 Å². The second-order valence-corrected chi connectivity index (χ2v) is 21.8. The number of alkyl halides is 3. The average Bonchev–Trinajstić information content (AvgIpc) is 3.03. The molecular formula is C18H29F3OSSn. The Morgan fingerprint density at radius 1 is 0.958 bits per heavy atom. The zero-order valence-electron chi connectivity index (χ0n) is 15.0. The normalized spacial score (nSPS) is 12.6. The van der Waals surface area contributed by atoms with E-state index in [1.807, 2.05) is 6.07 Å². The fraction of sp³-hybridized carbons (Fsp3) is 0.722. The van der Waals surface area contributed by atoms with E-state index in [4.69, 9.17) is 0 Å². The Morgan fingerprint density at radius 3 is 1.79 bits per heavy atom. The van der Waals surface area contributed by atoms with Crippen molar-refractivity contribution < 1.29 is 18.0 Å². The Kier molecular flexibility index (Phi) is 9.34. The molecule has 0 aromatic carbocycles. The second-order valence-electron chi connectivity index (χ2n) is 6.58. The SMILES string of the molecule is CCC[CH2][Sn]([CH2]CCC)([CH2]CCC)[c]1ccc(C(=O)C(F)(F)F)s1. The summed E-state index contributed by atoms with van der Waals surface area (Å²) >= 11 is -1.56. The van der Waals surface area contributed by atoms with Crippen LogP contribution in [0.4, 0.5) is 13.2 Å². The van der Waals surface area contributed by atoms with Gasteiger partial charge in [-0.1, -0.05) is 0 Å². The first-order valence-electron chi connectivity index (χ1n) is 9.02. The van der Waals surface area contributed by atoms with Crippen molar-refractivity contribution in [1.29, 1.82) is 0 Å². The van der Waals surface area contributed by atoms with Crippen LogP contribution in [0.2, 0.25) is 13.3 Å². The number of ketones is 1. The molecule has 0 unspecified atom stereocenters. The molecule has 1 aromatic rings. The van der Waals surface area contributed by atoms with Crippen LogP contribution in [0, 0.1) is 0 Å². The number of thiophene rings is 1. The predicted octanol–water partition coefficient (Wildman–Crippen LogP) is 6.55. The van der Waals surface area contributed by atoms with Crippen molar-refractivity contribution in [3.63, 3.8) is 0 Å². The molecule has 0 amide bonds. The van der Waals surface area contributed by atoms with Gasteiger partial charge in [0.25, 0.3) is 0 Å². The van der Waals surface area contributed by atoms with Crippen LogP contribution in [0.15, 0.2) is 12.1 Å². The van der Waals surface area contributed by atoms with Crippen LogP contribution in [0.5, 0.6) is 0 Å². The van der Waals surface area contributed by atoms with Crippen molar-refractivity contribution >= 4 is 38.4 Å². The van der Waals surface area contributed by atoms with Gasteiger partial charge < -0.3 is 0 Å². The summed E-state index contributed by atoms with van der Waals surface area (Å²) < 4.78 is 42.9.